The van der Waals surface area contributed by atoms with Gasteiger partial charge in [0.1, 0.15) is 11.3 Å². The number of thiazole rings is 1. The van der Waals surface area contributed by atoms with Crippen molar-refractivity contribution in [3.05, 3.63) is 48.3 Å². The first-order chi connectivity index (χ1) is 12.2. The Balaban J connectivity index is 1.72. The van der Waals surface area contributed by atoms with Crippen LogP contribution in [0.1, 0.15) is 5.69 Å². The number of ether oxygens (including phenoxy) is 2. The van der Waals surface area contributed by atoms with Gasteiger partial charge < -0.3 is 14.0 Å². The molecule has 6 nitrogen and oxygen atoms in total. The van der Waals surface area contributed by atoms with Crippen LogP contribution in [0.15, 0.2) is 47.7 Å². The summed E-state index contributed by atoms with van der Waals surface area (Å²) in [6.07, 6.45) is 3.53. The Morgan fingerprint density at radius 2 is 2.12 bits per heavy atom. The maximum absolute atomic E-state index is 5.36. The quantitative estimate of drug-likeness (QED) is 0.440. The second-order valence-electron chi connectivity index (χ2n) is 5.06. The Bertz CT molecular complexity index is 860. The van der Waals surface area contributed by atoms with Crippen molar-refractivity contribution in [2.75, 3.05) is 14.2 Å². The molecule has 3 rings (SSSR count). The van der Waals surface area contributed by atoms with E-state index in [0.717, 1.165) is 27.2 Å². The molecule has 3 aromatic rings. The first kappa shape index (κ1) is 17.5. The molecule has 130 valence electrons. The summed E-state index contributed by atoms with van der Waals surface area (Å²) < 4.78 is 12.6. The fourth-order valence-electron chi connectivity index (χ4n) is 2.23. The topological polar surface area (TPSA) is 62.1 Å². The third-order valence-electron chi connectivity index (χ3n) is 3.44. The highest BCUT2D eigenvalue weighted by Gasteiger charge is 2.11. The standard InChI is InChI=1S/C17H18N4O2S2/c1-4-7-21-11-18-20-17(21)25-10-13-9-24-16(19-13)12-5-6-14(22-2)15(8-12)23-3/h4-6,8-9,11H,1,7,10H2,2-3H3. The van der Waals surface area contributed by atoms with Gasteiger partial charge in [0.2, 0.25) is 0 Å². The van der Waals surface area contributed by atoms with Gasteiger partial charge in [-0.25, -0.2) is 4.98 Å². The summed E-state index contributed by atoms with van der Waals surface area (Å²) in [5.41, 5.74) is 2.02. The van der Waals surface area contributed by atoms with Gasteiger partial charge in [-0.05, 0) is 18.2 Å². The van der Waals surface area contributed by atoms with Gasteiger partial charge >= 0.3 is 0 Å². The van der Waals surface area contributed by atoms with E-state index in [1.165, 1.54) is 0 Å². The van der Waals surface area contributed by atoms with E-state index in [1.54, 1.807) is 43.6 Å². The van der Waals surface area contributed by atoms with Crippen molar-refractivity contribution in [3.63, 3.8) is 0 Å². The third kappa shape index (κ3) is 4.02. The van der Waals surface area contributed by atoms with Gasteiger partial charge in [-0.3, -0.25) is 0 Å². The highest BCUT2D eigenvalue weighted by Crippen LogP contribution is 2.34. The molecule has 0 amide bonds. The van der Waals surface area contributed by atoms with E-state index in [1.807, 2.05) is 28.8 Å². The molecule has 0 aliphatic rings. The van der Waals surface area contributed by atoms with Crippen LogP contribution in [0, 0.1) is 0 Å². The number of rotatable bonds is 8. The van der Waals surface area contributed by atoms with Crippen molar-refractivity contribution < 1.29 is 9.47 Å². The third-order valence-corrected chi connectivity index (χ3v) is 5.39. The van der Waals surface area contributed by atoms with Gasteiger partial charge in [0.15, 0.2) is 16.7 Å². The van der Waals surface area contributed by atoms with Crippen LogP contribution in [0.25, 0.3) is 10.6 Å². The predicted octanol–water partition coefficient (Wildman–Crippen LogP) is 3.90. The minimum Gasteiger partial charge on any atom is -0.493 e. The van der Waals surface area contributed by atoms with Gasteiger partial charge in [-0.15, -0.1) is 28.1 Å². The Hall–Kier alpha value is -2.32. The molecular weight excluding hydrogens is 356 g/mol. The van der Waals surface area contributed by atoms with Crippen LogP contribution in [0.4, 0.5) is 0 Å². The second kappa shape index (κ2) is 8.17. The summed E-state index contributed by atoms with van der Waals surface area (Å²) >= 11 is 3.22. The van der Waals surface area contributed by atoms with E-state index in [-0.39, 0.29) is 0 Å². The summed E-state index contributed by atoms with van der Waals surface area (Å²) in [6, 6.07) is 5.81. The van der Waals surface area contributed by atoms with Crippen LogP contribution >= 0.6 is 23.1 Å². The molecule has 0 bridgehead atoms. The zero-order valence-corrected chi connectivity index (χ0v) is 15.6. The molecule has 1 aromatic carbocycles. The van der Waals surface area contributed by atoms with E-state index in [4.69, 9.17) is 14.5 Å². The van der Waals surface area contributed by atoms with Crippen LogP contribution in [-0.2, 0) is 12.3 Å². The van der Waals surface area contributed by atoms with Gasteiger partial charge in [0.25, 0.3) is 0 Å². The predicted molar refractivity (Wildman–Crippen MR) is 100 cm³/mol. The molecule has 0 fully saturated rings. The van der Waals surface area contributed by atoms with Gasteiger partial charge in [-0.2, -0.15) is 0 Å². The molecule has 2 heterocycles. The zero-order chi connectivity index (χ0) is 17.6. The summed E-state index contributed by atoms with van der Waals surface area (Å²) in [6.45, 7) is 4.44. The Kier molecular flexibility index (Phi) is 5.72. The molecule has 0 spiro atoms. The molecule has 2 aromatic heterocycles. The molecule has 25 heavy (non-hydrogen) atoms. The van der Waals surface area contributed by atoms with Gasteiger partial charge in [-0.1, -0.05) is 17.8 Å². The first-order valence-corrected chi connectivity index (χ1v) is 9.40. The van der Waals surface area contributed by atoms with E-state index in [2.05, 4.69) is 22.2 Å². The fourth-order valence-corrected chi connectivity index (χ4v) is 3.97. The van der Waals surface area contributed by atoms with E-state index >= 15 is 0 Å². The number of nitrogens with zero attached hydrogens (tertiary/aromatic N) is 4. The molecule has 0 aliphatic carbocycles. The van der Waals surface area contributed by atoms with Crippen molar-refractivity contribution in [1.29, 1.82) is 0 Å². The van der Waals surface area contributed by atoms with E-state index < -0.39 is 0 Å². The second-order valence-corrected chi connectivity index (χ2v) is 6.86. The highest BCUT2D eigenvalue weighted by molar-refractivity contribution is 7.98. The molecule has 0 aliphatic heterocycles. The molecule has 0 saturated carbocycles. The number of methoxy groups -OCH3 is 2. The van der Waals surface area contributed by atoms with Crippen molar-refractivity contribution >= 4 is 23.1 Å². The largest absolute Gasteiger partial charge is 0.493 e. The maximum atomic E-state index is 5.36. The molecule has 0 radical (unpaired) electrons. The van der Waals surface area contributed by atoms with Crippen molar-refractivity contribution in [2.24, 2.45) is 0 Å². The van der Waals surface area contributed by atoms with Crippen molar-refractivity contribution in [2.45, 2.75) is 17.5 Å². The Labute approximate surface area is 154 Å². The Morgan fingerprint density at radius 3 is 2.88 bits per heavy atom. The molecule has 0 unspecified atom stereocenters. The number of hydrogen-bond donors (Lipinski definition) is 0. The lowest BCUT2D eigenvalue weighted by Gasteiger charge is -2.08. The van der Waals surface area contributed by atoms with Gasteiger partial charge in [0, 0.05) is 23.2 Å². The molecule has 0 N–H and O–H groups in total. The SMILES string of the molecule is C=CCn1cnnc1SCc1csc(-c2ccc(OC)c(OC)c2)n1. The number of hydrogen-bond acceptors (Lipinski definition) is 7. The number of aromatic nitrogens is 4. The number of benzene rings is 1. The average Bonchev–Trinajstić information content (AvgIpc) is 3.29. The van der Waals surface area contributed by atoms with Crippen LogP contribution < -0.4 is 9.47 Å². The summed E-state index contributed by atoms with van der Waals surface area (Å²) in [7, 11) is 3.26. The number of allylic oxidation sites excluding steroid dienone is 1. The van der Waals surface area contributed by atoms with Crippen molar-refractivity contribution in [1.82, 2.24) is 19.7 Å². The Morgan fingerprint density at radius 1 is 1.28 bits per heavy atom. The van der Waals surface area contributed by atoms with E-state index in [9.17, 15) is 0 Å². The molecule has 8 heteroatoms. The number of thioether (sulfide) groups is 1. The summed E-state index contributed by atoms with van der Waals surface area (Å²) in [5, 5.41) is 11.9. The minimum atomic E-state index is 0.698. The highest BCUT2D eigenvalue weighted by atomic mass is 32.2. The van der Waals surface area contributed by atoms with Crippen LogP contribution in [0.5, 0.6) is 11.5 Å². The molecular formula is C17H18N4O2S2. The lowest BCUT2D eigenvalue weighted by Crippen LogP contribution is -1.95. The monoisotopic (exact) mass is 374 g/mol. The van der Waals surface area contributed by atoms with Crippen LogP contribution in [-0.4, -0.2) is 34.0 Å². The molecule has 0 saturated heterocycles. The summed E-state index contributed by atoms with van der Waals surface area (Å²) in [5.74, 6) is 2.14. The maximum Gasteiger partial charge on any atom is 0.191 e. The minimum absolute atomic E-state index is 0.698. The summed E-state index contributed by atoms with van der Waals surface area (Å²) in [4.78, 5) is 4.71. The first-order valence-electron chi connectivity index (χ1n) is 7.53. The lowest BCUT2D eigenvalue weighted by atomic mass is 10.2. The van der Waals surface area contributed by atoms with Crippen molar-refractivity contribution in [3.8, 4) is 22.1 Å². The normalized spacial score (nSPS) is 10.6. The van der Waals surface area contributed by atoms with Gasteiger partial charge in [0.05, 0.1) is 19.9 Å². The van der Waals surface area contributed by atoms with E-state index in [0.29, 0.717) is 18.0 Å². The molecule has 0 atom stereocenters. The van der Waals surface area contributed by atoms with Crippen LogP contribution in [0.3, 0.4) is 0 Å². The smallest absolute Gasteiger partial charge is 0.191 e. The lowest BCUT2D eigenvalue weighted by molar-refractivity contribution is 0.355. The zero-order valence-electron chi connectivity index (χ0n) is 14.0. The average molecular weight is 374 g/mol. The van der Waals surface area contributed by atoms with Crippen LogP contribution in [0.2, 0.25) is 0 Å². The fraction of sp³-hybridized carbons (Fsp3) is 0.235.